The third kappa shape index (κ3) is 3.45. The van der Waals surface area contributed by atoms with E-state index in [9.17, 15) is 0 Å². The van der Waals surface area contributed by atoms with Crippen LogP contribution in [0.25, 0.3) is 11.0 Å². The highest BCUT2D eigenvalue weighted by Gasteiger charge is 2.34. The van der Waals surface area contributed by atoms with Gasteiger partial charge in [-0.1, -0.05) is 18.2 Å². The number of hydrogen-bond acceptors (Lipinski definition) is 4. The molecule has 0 radical (unpaired) electrons. The van der Waals surface area contributed by atoms with Crippen LogP contribution in [0.3, 0.4) is 0 Å². The predicted octanol–water partition coefficient (Wildman–Crippen LogP) is 4.11. The Morgan fingerprint density at radius 3 is 2.75 bits per heavy atom. The highest BCUT2D eigenvalue weighted by molar-refractivity contribution is 5.74. The first-order valence-corrected chi connectivity index (χ1v) is 10.7. The fraction of sp³-hybridized carbons (Fsp3) is 0.478. The average molecular weight is 376 g/mol. The van der Waals surface area contributed by atoms with Crippen LogP contribution in [0.15, 0.2) is 42.6 Å². The molecule has 1 atom stereocenters. The van der Waals surface area contributed by atoms with E-state index in [2.05, 4.69) is 46.3 Å². The van der Waals surface area contributed by atoms with Gasteiger partial charge in [0.2, 0.25) is 0 Å². The number of nitrogens with two attached hydrogens (primary N) is 1. The number of fused-ring (bicyclic) bond motifs is 2. The average Bonchev–Trinajstić information content (AvgIpc) is 3.15. The van der Waals surface area contributed by atoms with Crippen LogP contribution in [0.4, 0.5) is 0 Å². The first-order chi connectivity index (χ1) is 13.8. The Labute approximate surface area is 166 Å². The Balaban J connectivity index is 1.48. The molecule has 2 aliphatic rings. The van der Waals surface area contributed by atoms with Crippen molar-refractivity contribution in [1.82, 2.24) is 19.9 Å². The van der Waals surface area contributed by atoms with Gasteiger partial charge in [0, 0.05) is 18.3 Å². The molecule has 1 fully saturated rings. The summed E-state index contributed by atoms with van der Waals surface area (Å²) in [5.74, 6) is 1.05. The molecule has 0 unspecified atom stereocenters. The second kappa shape index (κ2) is 7.64. The molecule has 3 aromatic rings. The van der Waals surface area contributed by atoms with E-state index in [1.165, 1.54) is 36.9 Å². The van der Waals surface area contributed by atoms with E-state index in [4.69, 9.17) is 15.7 Å². The van der Waals surface area contributed by atoms with Crippen molar-refractivity contribution >= 4 is 11.0 Å². The van der Waals surface area contributed by atoms with Gasteiger partial charge >= 0.3 is 0 Å². The van der Waals surface area contributed by atoms with E-state index in [1.807, 2.05) is 6.20 Å². The van der Waals surface area contributed by atoms with E-state index >= 15 is 0 Å². The van der Waals surface area contributed by atoms with Gasteiger partial charge in [0.15, 0.2) is 0 Å². The van der Waals surface area contributed by atoms with Gasteiger partial charge < -0.3 is 10.7 Å². The van der Waals surface area contributed by atoms with Crippen molar-refractivity contribution in [2.24, 2.45) is 5.73 Å². The van der Waals surface area contributed by atoms with Crippen molar-refractivity contribution in [3.8, 4) is 0 Å². The number of aromatic amines is 1. The van der Waals surface area contributed by atoms with E-state index in [1.54, 1.807) is 0 Å². The maximum Gasteiger partial charge on any atom is 0.121 e. The molecule has 0 bridgehead atoms. The number of rotatable bonds is 4. The van der Waals surface area contributed by atoms with Gasteiger partial charge in [-0.05, 0) is 68.7 Å². The number of H-pyrrole nitrogens is 1. The van der Waals surface area contributed by atoms with E-state index in [0.29, 0.717) is 18.1 Å². The predicted molar refractivity (Wildman–Crippen MR) is 112 cm³/mol. The van der Waals surface area contributed by atoms with Crippen LogP contribution in [0, 0.1) is 0 Å². The minimum absolute atomic E-state index is 0.362. The standard InChI is InChI=1S/C23H29N5/c24-17-10-12-18(13-11-17)28(15-22-26-19-7-1-2-8-20(19)27-22)21-9-3-5-16-6-4-14-25-23(16)21/h1-2,4,6-8,14,17-18,21H,3,5,9-13,15,24H2,(H,26,27)/t17-,18-,21-/m0/s1. The van der Waals surface area contributed by atoms with Gasteiger partial charge in [0.05, 0.1) is 29.3 Å². The smallest absolute Gasteiger partial charge is 0.121 e. The lowest BCUT2D eigenvalue weighted by Crippen LogP contribution is -2.43. The van der Waals surface area contributed by atoms with Gasteiger partial charge in [0.1, 0.15) is 5.82 Å². The van der Waals surface area contributed by atoms with Crippen LogP contribution < -0.4 is 5.73 Å². The van der Waals surface area contributed by atoms with Crippen LogP contribution in [0.2, 0.25) is 0 Å². The van der Waals surface area contributed by atoms with Crippen LogP contribution in [-0.4, -0.2) is 31.9 Å². The largest absolute Gasteiger partial charge is 0.341 e. The third-order valence-electron chi connectivity index (χ3n) is 6.55. The molecule has 28 heavy (non-hydrogen) atoms. The molecule has 0 aliphatic heterocycles. The molecular weight excluding hydrogens is 346 g/mol. The number of aromatic nitrogens is 3. The lowest BCUT2D eigenvalue weighted by molar-refractivity contribution is 0.0761. The molecule has 5 nitrogen and oxygen atoms in total. The van der Waals surface area contributed by atoms with Crippen molar-refractivity contribution in [1.29, 1.82) is 0 Å². The first-order valence-electron chi connectivity index (χ1n) is 10.7. The highest BCUT2D eigenvalue weighted by Crippen LogP contribution is 2.38. The molecule has 2 aromatic heterocycles. The Morgan fingerprint density at radius 1 is 1.04 bits per heavy atom. The summed E-state index contributed by atoms with van der Waals surface area (Å²) in [6, 6.07) is 13.9. The Morgan fingerprint density at radius 2 is 1.89 bits per heavy atom. The summed E-state index contributed by atoms with van der Waals surface area (Å²) in [7, 11) is 0. The lowest BCUT2D eigenvalue weighted by atomic mass is 9.86. The van der Waals surface area contributed by atoms with Crippen molar-refractivity contribution < 1.29 is 0 Å². The molecule has 2 heterocycles. The van der Waals surface area contributed by atoms with Gasteiger partial charge in [-0.2, -0.15) is 0 Å². The Kier molecular flexibility index (Phi) is 4.87. The Hall–Kier alpha value is -2.24. The first kappa shape index (κ1) is 17.8. The summed E-state index contributed by atoms with van der Waals surface area (Å²) in [6.45, 7) is 0.843. The van der Waals surface area contributed by atoms with Crippen LogP contribution in [0.5, 0.6) is 0 Å². The molecule has 1 saturated carbocycles. The topological polar surface area (TPSA) is 70.8 Å². The lowest BCUT2D eigenvalue weighted by Gasteiger charge is -2.42. The number of nitrogens with one attached hydrogen (secondary N) is 1. The third-order valence-corrected chi connectivity index (χ3v) is 6.55. The van der Waals surface area contributed by atoms with Crippen molar-refractivity contribution in [3.05, 3.63) is 59.7 Å². The van der Waals surface area contributed by atoms with E-state index < -0.39 is 0 Å². The maximum atomic E-state index is 6.21. The number of para-hydroxylation sites is 2. The summed E-state index contributed by atoms with van der Waals surface area (Å²) in [6.07, 6.45) is 10.1. The second-order valence-corrected chi connectivity index (χ2v) is 8.40. The normalized spacial score (nSPS) is 25.1. The number of aryl methyl sites for hydroxylation is 1. The minimum Gasteiger partial charge on any atom is -0.341 e. The monoisotopic (exact) mass is 375 g/mol. The van der Waals surface area contributed by atoms with Crippen LogP contribution in [0.1, 0.15) is 61.6 Å². The molecule has 0 spiro atoms. The summed E-state index contributed by atoms with van der Waals surface area (Å²) in [5.41, 5.74) is 11.1. The molecule has 0 amide bonds. The highest BCUT2D eigenvalue weighted by atomic mass is 15.2. The van der Waals surface area contributed by atoms with Gasteiger partial charge in [-0.15, -0.1) is 0 Å². The zero-order chi connectivity index (χ0) is 18.9. The summed E-state index contributed by atoms with van der Waals surface area (Å²) >= 11 is 0. The number of imidazole rings is 1. The fourth-order valence-corrected chi connectivity index (χ4v) is 5.09. The van der Waals surface area contributed by atoms with Crippen LogP contribution >= 0.6 is 0 Å². The fourth-order valence-electron chi connectivity index (χ4n) is 5.09. The van der Waals surface area contributed by atoms with Crippen molar-refractivity contribution in [2.75, 3.05) is 0 Å². The van der Waals surface area contributed by atoms with Crippen LogP contribution in [-0.2, 0) is 13.0 Å². The maximum absolute atomic E-state index is 6.21. The molecule has 5 rings (SSSR count). The zero-order valence-electron chi connectivity index (χ0n) is 16.3. The SMILES string of the molecule is N[C@H]1CC[C@H](N(Cc2nc3ccccc3[nH]2)[C@H]2CCCc3cccnc32)CC1. The van der Waals surface area contributed by atoms with Gasteiger partial charge in [-0.25, -0.2) is 4.98 Å². The minimum atomic E-state index is 0.362. The molecule has 0 saturated heterocycles. The molecule has 2 aliphatic carbocycles. The molecule has 1 aromatic carbocycles. The van der Waals surface area contributed by atoms with Gasteiger partial charge in [-0.3, -0.25) is 9.88 Å². The zero-order valence-corrected chi connectivity index (χ0v) is 16.3. The summed E-state index contributed by atoms with van der Waals surface area (Å²) < 4.78 is 0. The summed E-state index contributed by atoms with van der Waals surface area (Å²) in [4.78, 5) is 15.9. The number of benzene rings is 1. The molecular formula is C23H29N5. The Bertz CT molecular complexity index is 908. The summed E-state index contributed by atoms with van der Waals surface area (Å²) in [5, 5.41) is 0. The number of hydrogen-bond donors (Lipinski definition) is 2. The van der Waals surface area contributed by atoms with E-state index in [0.717, 1.165) is 42.7 Å². The molecule has 3 N–H and O–H groups in total. The number of pyridine rings is 1. The van der Waals surface area contributed by atoms with Crippen molar-refractivity contribution in [3.63, 3.8) is 0 Å². The quantitative estimate of drug-likeness (QED) is 0.720. The van der Waals surface area contributed by atoms with Crippen molar-refractivity contribution in [2.45, 2.75) is 69.6 Å². The van der Waals surface area contributed by atoms with Gasteiger partial charge in [0.25, 0.3) is 0 Å². The molecule has 5 heteroatoms. The molecule has 146 valence electrons. The number of nitrogens with zero attached hydrogens (tertiary/aromatic N) is 3. The van der Waals surface area contributed by atoms with E-state index in [-0.39, 0.29) is 0 Å². The second-order valence-electron chi connectivity index (χ2n) is 8.40.